The molecule has 0 aliphatic heterocycles. The van der Waals surface area contributed by atoms with Gasteiger partial charge in [0.15, 0.2) is 0 Å². The molecule has 5 aliphatic carbocycles. The molecule has 7 atom stereocenters. The van der Waals surface area contributed by atoms with Crippen molar-refractivity contribution >= 4 is 25.3 Å². The molecule has 0 aromatic carbocycles. The molecule has 5 rings (SSSR count). The highest BCUT2D eigenvalue weighted by Gasteiger charge is 2.70. The van der Waals surface area contributed by atoms with Gasteiger partial charge in [-0.15, -0.1) is 0 Å². The van der Waals surface area contributed by atoms with Gasteiger partial charge in [0.05, 0.1) is 0 Å². The lowest BCUT2D eigenvalue weighted by molar-refractivity contribution is 0.0255. The second kappa shape index (κ2) is 2.96. The fraction of sp³-hybridized carbons (Fsp3) is 1.00. The van der Waals surface area contributed by atoms with Gasteiger partial charge in [-0.05, 0) is 61.7 Å². The van der Waals surface area contributed by atoms with E-state index in [1.54, 1.807) is 0 Å². The molecule has 5 saturated carbocycles. The number of thiol groups is 2. The van der Waals surface area contributed by atoms with Crippen LogP contribution in [0.25, 0.3) is 0 Å². The first kappa shape index (κ1) is 10.5. The van der Waals surface area contributed by atoms with E-state index in [2.05, 4.69) is 0 Å². The second-order valence-electron chi connectivity index (χ2n) is 6.63. The van der Waals surface area contributed by atoms with Crippen LogP contribution in [-0.4, -0.2) is 16.2 Å². The molecule has 0 heterocycles. The molecular formula is C13H19FS2. The van der Waals surface area contributed by atoms with Gasteiger partial charge in [-0.2, -0.15) is 25.3 Å². The van der Waals surface area contributed by atoms with Gasteiger partial charge in [-0.25, -0.2) is 4.39 Å². The molecule has 16 heavy (non-hydrogen) atoms. The standard InChI is InChI=1S/C13H19FS2/c14-11-9-2-1-8-10(15)6-13(11,16)7-3-4-12(8,9)5-7/h7-11,15-16H,1-6H2. The first-order chi connectivity index (χ1) is 7.58. The molecule has 1 spiro atoms. The van der Waals surface area contributed by atoms with E-state index < -0.39 is 6.17 Å². The first-order valence-corrected chi connectivity index (χ1v) is 7.59. The van der Waals surface area contributed by atoms with E-state index in [0.717, 1.165) is 12.8 Å². The highest BCUT2D eigenvalue weighted by atomic mass is 32.1. The van der Waals surface area contributed by atoms with Gasteiger partial charge in [-0.3, -0.25) is 0 Å². The maximum atomic E-state index is 14.8. The third-order valence-electron chi connectivity index (χ3n) is 6.39. The third-order valence-corrected chi connectivity index (χ3v) is 7.73. The van der Waals surface area contributed by atoms with Crippen molar-refractivity contribution in [2.24, 2.45) is 23.2 Å². The molecule has 0 amide bonds. The normalized spacial score (nSPS) is 67.3. The fourth-order valence-corrected chi connectivity index (χ4v) is 7.25. The number of rotatable bonds is 0. The number of hydrogen-bond acceptors (Lipinski definition) is 2. The molecular weight excluding hydrogens is 239 g/mol. The molecule has 0 radical (unpaired) electrons. The van der Waals surface area contributed by atoms with Crippen molar-refractivity contribution in [3.05, 3.63) is 0 Å². The van der Waals surface area contributed by atoms with Crippen molar-refractivity contribution in [1.82, 2.24) is 0 Å². The zero-order chi connectivity index (χ0) is 11.1. The fourth-order valence-electron chi connectivity index (χ4n) is 5.76. The molecule has 0 saturated heterocycles. The third kappa shape index (κ3) is 0.945. The van der Waals surface area contributed by atoms with Crippen molar-refractivity contribution in [3.63, 3.8) is 0 Å². The smallest absolute Gasteiger partial charge is 0.118 e. The number of fused-ring (bicyclic) bond motifs is 1. The van der Waals surface area contributed by atoms with Crippen molar-refractivity contribution in [1.29, 1.82) is 0 Å². The molecule has 0 N–H and O–H groups in total. The van der Waals surface area contributed by atoms with Crippen LogP contribution < -0.4 is 0 Å². The van der Waals surface area contributed by atoms with Crippen LogP contribution in [-0.2, 0) is 0 Å². The molecule has 5 fully saturated rings. The Labute approximate surface area is 108 Å². The highest BCUT2D eigenvalue weighted by molar-refractivity contribution is 7.82. The molecule has 0 nitrogen and oxygen atoms in total. The van der Waals surface area contributed by atoms with Crippen molar-refractivity contribution in [3.8, 4) is 0 Å². The van der Waals surface area contributed by atoms with E-state index in [4.69, 9.17) is 25.3 Å². The topological polar surface area (TPSA) is 0 Å². The Balaban J connectivity index is 1.93. The van der Waals surface area contributed by atoms with Gasteiger partial charge >= 0.3 is 0 Å². The van der Waals surface area contributed by atoms with Crippen LogP contribution in [0.1, 0.15) is 38.5 Å². The van der Waals surface area contributed by atoms with E-state index >= 15 is 0 Å². The molecule has 5 aliphatic rings. The summed E-state index contributed by atoms with van der Waals surface area (Å²) in [5, 5.41) is 0.397. The summed E-state index contributed by atoms with van der Waals surface area (Å²) in [6.07, 6.45) is 6.27. The Morgan fingerprint density at radius 3 is 2.62 bits per heavy atom. The van der Waals surface area contributed by atoms with Gasteiger partial charge < -0.3 is 0 Å². The highest BCUT2D eigenvalue weighted by Crippen LogP contribution is 2.73. The quantitative estimate of drug-likeness (QED) is 0.610. The summed E-state index contributed by atoms with van der Waals surface area (Å²) >= 11 is 9.62. The van der Waals surface area contributed by atoms with Gasteiger partial charge in [-0.1, -0.05) is 0 Å². The Bertz CT molecular complexity index is 347. The van der Waals surface area contributed by atoms with Crippen LogP contribution >= 0.6 is 25.3 Å². The largest absolute Gasteiger partial charge is 0.246 e. The van der Waals surface area contributed by atoms with Gasteiger partial charge in [0.1, 0.15) is 6.17 Å². The van der Waals surface area contributed by atoms with Crippen LogP contribution in [0.15, 0.2) is 0 Å². The predicted octanol–water partition coefficient (Wildman–Crippen LogP) is 3.52. The molecule has 0 aromatic heterocycles. The maximum absolute atomic E-state index is 14.8. The summed E-state index contributed by atoms with van der Waals surface area (Å²) in [6, 6.07) is 0. The summed E-state index contributed by atoms with van der Waals surface area (Å²) in [6.45, 7) is 0. The lowest BCUT2D eigenvalue weighted by atomic mass is 9.64. The number of halogens is 1. The van der Waals surface area contributed by atoms with Gasteiger partial charge in [0.25, 0.3) is 0 Å². The molecule has 0 aromatic rings. The molecule has 3 heteroatoms. The lowest BCUT2D eigenvalue weighted by Gasteiger charge is -2.46. The maximum Gasteiger partial charge on any atom is 0.118 e. The zero-order valence-corrected chi connectivity index (χ0v) is 11.2. The minimum atomic E-state index is -0.667. The van der Waals surface area contributed by atoms with Gasteiger partial charge in [0.2, 0.25) is 0 Å². The van der Waals surface area contributed by atoms with Crippen molar-refractivity contribution in [2.75, 3.05) is 0 Å². The predicted molar refractivity (Wildman–Crippen MR) is 70.0 cm³/mol. The number of alkyl halides is 1. The van der Waals surface area contributed by atoms with Crippen LogP contribution in [0.2, 0.25) is 0 Å². The summed E-state index contributed by atoms with van der Waals surface area (Å²) in [7, 11) is 0. The summed E-state index contributed by atoms with van der Waals surface area (Å²) in [5.74, 6) is 1.52. The molecule has 5 bridgehead atoms. The monoisotopic (exact) mass is 258 g/mol. The van der Waals surface area contributed by atoms with E-state index in [9.17, 15) is 4.39 Å². The van der Waals surface area contributed by atoms with Crippen molar-refractivity contribution < 1.29 is 4.39 Å². The summed E-state index contributed by atoms with van der Waals surface area (Å²) in [5.41, 5.74) is 0.333. The average molecular weight is 258 g/mol. The average Bonchev–Trinajstić information content (AvgIpc) is 2.77. The number of hydrogen-bond donors (Lipinski definition) is 2. The van der Waals surface area contributed by atoms with Crippen LogP contribution in [0, 0.1) is 23.2 Å². The Morgan fingerprint density at radius 1 is 1.06 bits per heavy atom. The van der Waals surface area contributed by atoms with E-state index in [0.29, 0.717) is 28.4 Å². The SMILES string of the molecule is FC1C2CCC3C(S)CC1(S)C1CCC32C1. The van der Waals surface area contributed by atoms with Crippen LogP contribution in [0.4, 0.5) is 4.39 Å². The second-order valence-corrected chi connectivity index (χ2v) is 8.12. The van der Waals surface area contributed by atoms with E-state index in [1.165, 1.54) is 25.7 Å². The molecule has 7 unspecified atom stereocenters. The van der Waals surface area contributed by atoms with Gasteiger partial charge in [0, 0.05) is 10.00 Å². The summed E-state index contributed by atoms with van der Waals surface area (Å²) < 4.78 is 14.5. The Morgan fingerprint density at radius 2 is 1.81 bits per heavy atom. The lowest BCUT2D eigenvalue weighted by Crippen LogP contribution is -2.50. The van der Waals surface area contributed by atoms with E-state index in [-0.39, 0.29) is 4.75 Å². The first-order valence-electron chi connectivity index (χ1n) is 6.62. The Hall–Kier alpha value is 0.630. The Kier molecular flexibility index (Phi) is 1.95. The summed E-state index contributed by atoms with van der Waals surface area (Å²) in [4.78, 5) is 0. The minimum absolute atomic E-state index is 0.311. The zero-order valence-electron chi connectivity index (χ0n) is 9.40. The molecule has 90 valence electrons. The minimum Gasteiger partial charge on any atom is -0.246 e. The van der Waals surface area contributed by atoms with E-state index in [1.807, 2.05) is 0 Å². The van der Waals surface area contributed by atoms with Crippen molar-refractivity contribution in [2.45, 2.75) is 54.7 Å². The van der Waals surface area contributed by atoms with Crippen LogP contribution in [0.5, 0.6) is 0 Å². The van der Waals surface area contributed by atoms with Crippen LogP contribution in [0.3, 0.4) is 0 Å².